The molecule has 0 saturated carbocycles. The van der Waals surface area contributed by atoms with Gasteiger partial charge in [-0.3, -0.25) is 4.79 Å². The number of rotatable bonds is 3. The van der Waals surface area contributed by atoms with E-state index in [4.69, 9.17) is 16.3 Å². The molecule has 2 nitrogen and oxygen atoms in total. The van der Waals surface area contributed by atoms with Crippen LogP contribution < -0.4 is 4.74 Å². The summed E-state index contributed by atoms with van der Waals surface area (Å²) in [5.74, 6) is 0.658. The first-order chi connectivity index (χ1) is 6.15. The van der Waals surface area contributed by atoms with Gasteiger partial charge in [-0.2, -0.15) is 0 Å². The Hall–Kier alpha value is -1.02. The van der Waals surface area contributed by atoms with E-state index in [-0.39, 0.29) is 5.78 Å². The summed E-state index contributed by atoms with van der Waals surface area (Å²) >= 11 is 5.86. The van der Waals surface area contributed by atoms with E-state index in [9.17, 15) is 4.79 Å². The SMILES string of the molecule is CCOc1ccc(C(C)=O)c(Cl)c1. The molecule has 0 aliphatic heterocycles. The minimum atomic E-state index is -0.0342. The first-order valence-electron chi connectivity index (χ1n) is 4.08. The number of Topliss-reactive ketones (excluding diaryl/α,β-unsaturated/α-hetero) is 1. The molecule has 0 atom stereocenters. The fraction of sp³-hybridized carbons (Fsp3) is 0.300. The van der Waals surface area contributed by atoms with Gasteiger partial charge in [-0.15, -0.1) is 0 Å². The molecule has 0 radical (unpaired) electrons. The van der Waals surface area contributed by atoms with Gasteiger partial charge in [-0.05, 0) is 32.0 Å². The van der Waals surface area contributed by atoms with Gasteiger partial charge in [0.25, 0.3) is 0 Å². The lowest BCUT2D eigenvalue weighted by Gasteiger charge is -2.04. The van der Waals surface area contributed by atoms with Crippen molar-refractivity contribution < 1.29 is 9.53 Å². The Balaban J connectivity index is 2.98. The van der Waals surface area contributed by atoms with Crippen LogP contribution in [-0.2, 0) is 0 Å². The second kappa shape index (κ2) is 4.28. The number of carbonyl (C=O) groups excluding carboxylic acids is 1. The van der Waals surface area contributed by atoms with Crippen LogP contribution >= 0.6 is 11.6 Å². The Kier molecular flexibility index (Phi) is 3.32. The van der Waals surface area contributed by atoms with Crippen LogP contribution in [0.2, 0.25) is 5.02 Å². The van der Waals surface area contributed by atoms with Crippen molar-refractivity contribution in [3.8, 4) is 5.75 Å². The lowest BCUT2D eigenvalue weighted by Crippen LogP contribution is -1.95. The average molecular weight is 199 g/mol. The monoisotopic (exact) mass is 198 g/mol. The largest absolute Gasteiger partial charge is 0.494 e. The van der Waals surface area contributed by atoms with E-state index in [0.717, 1.165) is 0 Å². The number of carbonyl (C=O) groups is 1. The number of ketones is 1. The van der Waals surface area contributed by atoms with E-state index < -0.39 is 0 Å². The fourth-order valence-corrected chi connectivity index (χ4v) is 1.34. The molecular formula is C10H11ClO2. The van der Waals surface area contributed by atoms with Crippen molar-refractivity contribution in [1.82, 2.24) is 0 Å². The lowest BCUT2D eigenvalue weighted by molar-refractivity contribution is 0.101. The van der Waals surface area contributed by atoms with Crippen molar-refractivity contribution in [2.45, 2.75) is 13.8 Å². The van der Waals surface area contributed by atoms with Crippen LogP contribution in [0.15, 0.2) is 18.2 Å². The van der Waals surface area contributed by atoms with Crippen molar-refractivity contribution >= 4 is 17.4 Å². The highest BCUT2D eigenvalue weighted by molar-refractivity contribution is 6.34. The highest BCUT2D eigenvalue weighted by Gasteiger charge is 2.05. The molecule has 1 rings (SSSR count). The zero-order valence-corrected chi connectivity index (χ0v) is 8.39. The van der Waals surface area contributed by atoms with Crippen LogP contribution in [0, 0.1) is 0 Å². The van der Waals surface area contributed by atoms with Crippen molar-refractivity contribution in [1.29, 1.82) is 0 Å². The summed E-state index contributed by atoms with van der Waals surface area (Å²) in [7, 11) is 0. The van der Waals surface area contributed by atoms with Gasteiger partial charge < -0.3 is 4.74 Å². The molecule has 70 valence electrons. The Morgan fingerprint density at radius 2 is 2.23 bits per heavy atom. The van der Waals surface area contributed by atoms with Crippen LogP contribution in [0.4, 0.5) is 0 Å². The van der Waals surface area contributed by atoms with Gasteiger partial charge in [0.15, 0.2) is 5.78 Å². The van der Waals surface area contributed by atoms with E-state index in [1.807, 2.05) is 6.92 Å². The molecule has 0 aliphatic rings. The smallest absolute Gasteiger partial charge is 0.161 e. The summed E-state index contributed by atoms with van der Waals surface area (Å²) in [6.45, 7) is 3.98. The summed E-state index contributed by atoms with van der Waals surface area (Å²) < 4.78 is 5.23. The molecule has 0 unspecified atom stereocenters. The number of hydrogen-bond acceptors (Lipinski definition) is 2. The molecule has 3 heteroatoms. The third-order valence-corrected chi connectivity index (χ3v) is 1.94. The summed E-state index contributed by atoms with van der Waals surface area (Å²) in [5, 5.41) is 0.443. The lowest BCUT2D eigenvalue weighted by atomic mass is 10.1. The summed E-state index contributed by atoms with van der Waals surface area (Å²) in [4.78, 5) is 11.0. The van der Waals surface area contributed by atoms with Gasteiger partial charge in [0.1, 0.15) is 5.75 Å². The zero-order valence-electron chi connectivity index (χ0n) is 7.63. The van der Waals surface area contributed by atoms with E-state index in [0.29, 0.717) is 22.9 Å². The van der Waals surface area contributed by atoms with Gasteiger partial charge in [0.2, 0.25) is 0 Å². The Bertz CT molecular complexity index is 321. The topological polar surface area (TPSA) is 26.3 Å². The average Bonchev–Trinajstić information content (AvgIpc) is 2.04. The van der Waals surface area contributed by atoms with Crippen molar-refractivity contribution in [3.63, 3.8) is 0 Å². The van der Waals surface area contributed by atoms with Gasteiger partial charge in [-0.25, -0.2) is 0 Å². The summed E-state index contributed by atoms with van der Waals surface area (Å²) in [5.41, 5.74) is 0.533. The molecule has 0 saturated heterocycles. The summed E-state index contributed by atoms with van der Waals surface area (Å²) in [6, 6.07) is 5.07. The van der Waals surface area contributed by atoms with Gasteiger partial charge in [0, 0.05) is 5.56 Å². The van der Waals surface area contributed by atoms with Gasteiger partial charge in [0.05, 0.1) is 11.6 Å². The Morgan fingerprint density at radius 1 is 1.54 bits per heavy atom. The quantitative estimate of drug-likeness (QED) is 0.698. The standard InChI is InChI=1S/C10H11ClO2/c1-3-13-8-4-5-9(7(2)12)10(11)6-8/h4-6H,3H2,1-2H3. The maximum absolute atomic E-state index is 11.0. The molecule has 0 bridgehead atoms. The minimum absolute atomic E-state index is 0.0342. The molecular weight excluding hydrogens is 188 g/mol. The van der Waals surface area contributed by atoms with Crippen LogP contribution in [0.25, 0.3) is 0 Å². The van der Waals surface area contributed by atoms with Gasteiger partial charge >= 0.3 is 0 Å². The second-order valence-electron chi connectivity index (χ2n) is 2.63. The van der Waals surface area contributed by atoms with E-state index in [2.05, 4.69) is 0 Å². The zero-order chi connectivity index (χ0) is 9.84. The molecule has 0 fully saturated rings. The molecule has 0 spiro atoms. The fourth-order valence-electron chi connectivity index (χ4n) is 1.04. The Labute approximate surface area is 82.5 Å². The number of halogens is 1. The van der Waals surface area contributed by atoms with Crippen LogP contribution in [0.5, 0.6) is 5.75 Å². The number of benzene rings is 1. The molecule has 13 heavy (non-hydrogen) atoms. The third kappa shape index (κ3) is 2.46. The number of hydrogen-bond donors (Lipinski definition) is 0. The molecule has 1 aromatic rings. The molecule has 0 N–H and O–H groups in total. The van der Waals surface area contributed by atoms with Crippen LogP contribution in [0.3, 0.4) is 0 Å². The highest BCUT2D eigenvalue weighted by atomic mass is 35.5. The van der Waals surface area contributed by atoms with Gasteiger partial charge in [-0.1, -0.05) is 11.6 Å². The predicted octanol–water partition coefficient (Wildman–Crippen LogP) is 2.94. The van der Waals surface area contributed by atoms with E-state index in [1.165, 1.54) is 6.92 Å². The highest BCUT2D eigenvalue weighted by Crippen LogP contribution is 2.22. The normalized spacial score (nSPS) is 9.77. The Morgan fingerprint density at radius 3 is 2.69 bits per heavy atom. The third-order valence-electron chi connectivity index (χ3n) is 1.63. The molecule has 0 heterocycles. The first-order valence-corrected chi connectivity index (χ1v) is 4.46. The first kappa shape index (κ1) is 10.1. The van der Waals surface area contributed by atoms with E-state index in [1.54, 1.807) is 18.2 Å². The maximum atomic E-state index is 11.0. The van der Waals surface area contributed by atoms with Crippen LogP contribution in [0.1, 0.15) is 24.2 Å². The van der Waals surface area contributed by atoms with Crippen molar-refractivity contribution in [2.24, 2.45) is 0 Å². The van der Waals surface area contributed by atoms with E-state index >= 15 is 0 Å². The molecule has 0 aromatic heterocycles. The van der Waals surface area contributed by atoms with Crippen molar-refractivity contribution in [2.75, 3.05) is 6.61 Å². The summed E-state index contributed by atoms with van der Waals surface area (Å²) in [6.07, 6.45) is 0. The van der Waals surface area contributed by atoms with Crippen LogP contribution in [-0.4, -0.2) is 12.4 Å². The molecule has 0 aliphatic carbocycles. The van der Waals surface area contributed by atoms with Crippen molar-refractivity contribution in [3.05, 3.63) is 28.8 Å². The minimum Gasteiger partial charge on any atom is -0.494 e. The number of ether oxygens (including phenoxy) is 1. The molecule has 1 aromatic carbocycles. The molecule has 0 amide bonds. The second-order valence-corrected chi connectivity index (χ2v) is 3.04. The maximum Gasteiger partial charge on any atom is 0.161 e. The predicted molar refractivity (Wildman–Crippen MR) is 52.6 cm³/mol.